The van der Waals surface area contributed by atoms with Gasteiger partial charge in [0.25, 0.3) is 0 Å². The van der Waals surface area contributed by atoms with Gasteiger partial charge >= 0.3 is 0 Å². The van der Waals surface area contributed by atoms with Gasteiger partial charge in [-0.15, -0.1) is 11.3 Å². The van der Waals surface area contributed by atoms with E-state index < -0.39 is 5.60 Å². The number of hydrogen-bond donors (Lipinski definition) is 0. The van der Waals surface area contributed by atoms with Gasteiger partial charge in [0.1, 0.15) is 5.60 Å². The van der Waals surface area contributed by atoms with Crippen molar-refractivity contribution in [1.82, 2.24) is 0 Å². The number of Topliss-reactive ketones (excluding diaryl/α,β-unsaturated/α-hetero) is 1. The lowest BCUT2D eigenvalue weighted by Crippen LogP contribution is -2.42. The summed E-state index contributed by atoms with van der Waals surface area (Å²) < 4.78 is 5.63. The predicted octanol–water partition coefficient (Wildman–Crippen LogP) is 2.82. The highest BCUT2D eigenvalue weighted by Crippen LogP contribution is 2.27. The molecule has 1 aliphatic heterocycles. The molecule has 2 nitrogen and oxygen atoms in total. The van der Waals surface area contributed by atoms with Gasteiger partial charge in [0, 0.05) is 17.9 Å². The number of ether oxygens (including phenoxy) is 1. The highest BCUT2D eigenvalue weighted by molar-refractivity contribution is 7.10. The Hall–Kier alpha value is -0.670. The Kier molecular flexibility index (Phi) is 3.22. The third-order valence-electron chi connectivity index (χ3n) is 2.97. The van der Waals surface area contributed by atoms with Crippen LogP contribution in [0.3, 0.4) is 0 Å². The first-order valence-electron chi connectivity index (χ1n) is 5.40. The fourth-order valence-electron chi connectivity index (χ4n) is 1.91. The lowest BCUT2D eigenvalue weighted by Gasteiger charge is -2.32. The van der Waals surface area contributed by atoms with Crippen molar-refractivity contribution in [3.63, 3.8) is 0 Å². The molecule has 2 heterocycles. The van der Waals surface area contributed by atoms with Gasteiger partial charge in [-0.05, 0) is 37.6 Å². The van der Waals surface area contributed by atoms with Crippen LogP contribution < -0.4 is 0 Å². The smallest absolute Gasteiger partial charge is 0.169 e. The topological polar surface area (TPSA) is 26.3 Å². The molecule has 1 aliphatic rings. The Morgan fingerprint density at radius 1 is 1.60 bits per heavy atom. The third kappa shape index (κ3) is 2.47. The molecule has 0 aliphatic carbocycles. The number of ketones is 1. The van der Waals surface area contributed by atoms with Gasteiger partial charge in [0.05, 0.1) is 0 Å². The zero-order valence-electron chi connectivity index (χ0n) is 8.99. The van der Waals surface area contributed by atoms with Gasteiger partial charge in [-0.2, -0.15) is 0 Å². The Morgan fingerprint density at radius 2 is 2.47 bits per heavy atom. The van der Waals surface area contributed by atoms with Crippen molar-refractivity contribution in [1.29, 1.82) is 0 Å². The minimum absolute atomic E-state index is 0.227. The Labute approximate surface area is 94.3 Å². The molecule has 1 unspecified atom stereocenters. The third-order valence-corrected chi connectivity index (χ3v) is 3.85. The summed E-state index contributed by atoms with van der Waals surface area (Å²) in [5.74, 6) is 0.227. The number of thiophene rings is 1. The number of rotatable bonds is 3. The molecule has 0 radical (unpaired) electrons. The first-order chi connectivity index (χ1) is 7.21. The normalized spacial score (nSPS) is 26.5. The van der Waals surface area contributed by atoms with Crippen LogP contribution in [0.25, 0.3) is 0 Å². The monoisotopic (exact) mass is 224 g/mol. The molecular weight excluding hydrogens is 208 g/mol. The Bertz CT molecular complexity index is 323. The molecule has 15 heavy (non-hydrogen) atoms. The molecule has 0 amide bonds. The van der Waals surface area contributed by atoms with Crippen molar-refractivity contribution in [2.24, 2.45) is 0 Å². The molecule has 82 valence electrons. The Balaban J connectivity index is 2.00. The highest BCUT2D eigenvalue weighted by atomic mass is 32.1. The first-order valence-corrected chi connectivity index (χ1v) is 6.28. The first kappa shape index (κ1) is 10.8. The fourth-order valence-corrected chi connectivity index (χ4v) is 2.62. The minimum Gasteiger partial charge on any atom is -0.367 e. The summed E-state index contributed by atoms with van der Waals surface area (Å²) in [4.78, 5) is 13.2. The summed E-state index contributed by atoms with van der Waals surface area (Å²) in [6, 6.07) is 3.99. The minimum atomic E-state index is -0.526. The van der Waals surface area contributed by atoms with Crippen LogP contribution in [-0.4, -0.2) is 18.0 Å². The lowest BCUT2D eigenvalue weighted by atomic mass is 9.89. The molecule has 0 bridgehead atoms. The van der Waals surface area contributed by atoms with Crippen LogP contribution in [0.15, 0.2) is 17.5 Å². The molecular formula is C12H16O2S. The quantitative estimate of drug-likeness (QED) is 0.789. The van der Waals surface area contributed by atoms with E-state index in [0.29, 0.717) is 6.42 Å². The fraction of sp³-hybridized carbons (Fsp3) is 0.583. The molecule has 1 aromatic heterocycles. The lowest BCUT2D eigenvalue weighted by molar-refractivity contribution is -0.147. The summed E-state index contributed by atoms with van der Waals surface area (Å²) in [7, 11) is 0. The van der Waals surface area contributed by atoms with Crippen LogP contribution in [0.1, 0.15) is 31.1 Å². The molecule has 1 atom stereocenters. The van der Waals surface area contributed by atoms with E-state index in [4.69, 9.17) is 4.74 Å². The molecule has 1 aromatic rings. The number of carbonyl (C=O) groups is 1. The van der Waals surface area contributed by atoms with E-state index >= 15 is 0 Å². The standard InChI is InChI=1S/C12H16O2S/c1-12(6-2-3-7-14-12)11(13)9-10-5-4-8-15-10/h4-5,8H,2-3,6-7,9H2,1H3. The molecule has 0 spiro atoms. The number of carbonyl (C=O) groups excluding carboxylic acids is 1. The van der Waals surface area contributed by atoms with Crippen LogP contribution in [0, 0.1) is 0 Å². The summed E-state index contributed by atoms with van der Waals surface area (Å²) >= 11 is 1.64. The second kappa shape index (κ2) is 4.45. The molecule has 0 saturated carbocycles. The second-order valence-corrected chi connectivity index (χ2v) is 5.25. The molecule has 1 saturated heterocycles. The van der Waals surface area contributed by atoms with Gasteiger partial charge in [0.2, 0.25) is 0 Å². The van der Waals surface area contributed by atoms with Crippen molar-refractivity contribution in [3.8, 4) is 0 Å². The van der Waals surface area contributed by atoms with Crippen LogP contribution >= 0.6 is 11.3 Å². The van der Waals surface area contributed by atoms with E-state index in [1.165, 1.54) is 0 Å². The Morgan fingerprint density at radius 3 is 3.07 bits per heavy atom. The van der Waals surface area contributed by atoms with E-state index in [1.807, 2.05) is 24.4 Å². The molecule has 3 heteroatoms. The highest BCUT2D eigenvalue weighted by Gasteiger charge is 2.35. The van der Waals surface area contributed by atoms with E-state index in [0.717, 1.165) is 30.7 Å². The average molecular weight is 224 g/mol. The van der Waals surface area contributed by atoms with E-state index in [-0.39, 0.29) is 5.78 Å². The maximum absolute atomic E-state index is 12.1. The molecule has 0 aromatic carbocycles. The predicted molar refractivity (Wildman–Crippen MR) is 61.2 cm³/mol. The maximum atomic E-state index is 12.1. The van der Waals surface area contributed by atoms with Crippen LogP contribution in [0.4, 0.5) is 0 Å². The van der Waals surface area contributed by atoms with Gasteiger partial charge < -0.3 is 4.74 Å². The van der Waals surface area contributed by atoms with Crippen LogP contribution in [0.5, 0.6) is 0 Å². The van der Waals surface area contributed by atoms with Gasteiger partial charge in [0.15, 0.2) is 5.78 Å². The largest absolute Gasteiger partial charge is 0.367 e. The van der Waals surface area contributed by atoms with Gasteiger partial charge in [-0.3, -0.25) is 4.79 Å². The SMILES string of the molecule is CC1(C(=O)Cc2cccs2)CCCCO1. The summed E-state index contributed by atoms with van der Waals surface area (Å²) in [5, 5.41) is 2.01. The van der Waals surface area contributed by atoms with Crippen LogP contribution in [-0.2, 0) is 16.0 Å². The molecule has 2 rings (SSSR count). The van der Waals surface area contributed by atoms with Crippen molar-refractivity contribution in [2.75, 3.05) is 6.61 Å². The summed E-state index contributed by atoms with van der Waals surface area (Å²) in [6.07, 6.45) is 3.58. The molecule has 0 N–H and O–H groups in total. The summed E-state index contributed by atoms with van der Waals surface area (Å²) in [6.45, 7) is 2.66. The van der Waals surface area contributed by atoms with E-state index in [9.17, 15) is 4.79 Å². The van der Waals surface area contributed by atoms with Crippen molar-refractivity contribution in [3.05, 3.63) is 22.4 Å². The van der Waals surface area contributed by atoms with Gasteiger partial charge in [-0.1, -0.05) is 6.07 Å². The van der Waals surface area contributed by atoms with Gasteiger partial charge in [-0.25, -0.2) is 0 Å². The van der Waals surface area contributed by atoms with Crippen LogP contribution in [0.2, 0.25) is 0 Å². The van der Waals surface area contributed by atoms with E-state index in [2.05, 4.69) is 0 Å². The number of hydrogen-bond acceptors (Lipinski definition) is 3. The zero-order chi connectivity index (χ0) is 10.7. The van der Waals surface area contributed by atoms with Crippen molar-refractivity contribution >= 4 is 17.1 Å². The van der Waals surface area contributed by atoms with Crippen molar-refractivity contribution in [2.45, 2.75) is 38.2 Å². The average Bonchev–Trinajstić information content (AvgIpc) is 2.71. The van der Waals surface area contributed by atoms with Crippen molar-refractivity contribution < 1.29 is 9.53 Å². The summed E-state index contributed by atoms with van der Waals surface area (Å²) in [5.41, 5.74) is -0.526. The second-order valence-electron chi connectivity index (χ2n) is 4.22. The molecule has 1 fully saturated rings. The maximum Gasteiger partial charge on any atom is 0.169 e. The van der Waals surface area contributed by atoms with E-state index in [1.54, 1.807) is 11.3 Å². The zero-order valence-corrected chi connectivity index (χ0v) is 9.81.